The first-order valence-corrected chi connectivity index (χ1v) is 8.32. The number of aryl methyl sites for hydroxylation is 1. The molecule has 0 radical (unpaired) electrons. The van der Waals surface area contributed by atoms with E-state index < -0.39 is 10.8 Å². The molecule has 0 saturated heterocycles. The van der Waals surface area contributed by atoms with Crippen LogP contribution in [0.3, 0.4) is 0 Å². The Labute approximate surface area is 146 Å². The molecule has 0 unspecified atom stereocenters. The normalized spacial score (nSPS) is 16.5. The summed E-state index contributed by atoms with van der Waals surface area (Å²) in [6.07, 6.45) is 3.21. The van der Waals surface area contributed by atoms with Crippen LogP contribution in [0.25, 0.3) is 0 Å². The molecule has 1 amide bonds. The molecule has 0 aliphatic heterocycles. The third kappa shape index (κ3) is 3.53. The molecule has 2 aromatic carbocycles. The van der Waals surface area contributed by atoms with Gasteiger partial charge in [-0.15, -0.1) is 0 Å². The van der Waals surface area contributed by atoms with Gasteiger partial charge < -0.3 is 5.73 Å². The van der Waals surface area contributed by atoms with Crippen molar-refractivity contribution in [3.63, 3.8) is 0 Å². The smallest absolute Gasteiger partial charge is 0.274 e. The predicted octanol–water partition coefficient (Wildman–Crippen LogP) is 3.20. The zero-order chi connectivity index (χ0) is 18.0. The van der Waals surface area contributed by atoms with Crippen LogP contribution in [-0.4, -0.2) is 22.8 Å². The maximum absolute atomic E-state index is 11.4. The SMILES string of the molecule is CN(Cc1ccc(C(N)=O)cc1[N+](=O)[O-])[C@H]1CCCc2ccccc21. The number of nitro benzene ring substituents is 1. The number of carbonyl (C=O) groups is 1. The summed E-state index contributed by atoms with van der Waals surface area (Å²) in [4.78, 5) is 24.4. The number of rotatable bonds is 5. The predicted molar refractivity (Wildman–Crippen MR) is 95.2 cm³/mol. The van der Waals surface area contributed by atoms with E-state index >= 15 is 0 Å². The summed E-state index contributed by atoms with van der Waals surface area (Å²) in [5.41, 5.74) is 8.56. The van der Waals surface area contributed by atoms with Crippen LogP contribution < -0.4 is 5.73 Å². The lowest BCUT2D eigenvalue weighted by Gasteiger charge is -2.33. The Bertz CT molecular complexity index is 819. The van der Waals surface area contributed by atoms with Gasteiger partial charge in [0.15, 0.2) is 0 Å². The summed E-state index contributed by atoms with van der Waals surface area (Å²) in [6.45, 7) is 0.439. The van der Waals surface area contributed by atoms with E-state index in [1.807, 2.05) is 13.1 Å². The van der Waals surface area contributed by atoms with Crippen molar-refractivity contribution >= 4 is 11.6 Å². The monoisotopic (exact) mass is 339 g/mol. The van der Waals surface area contributed by atoms with E-state index in [1.54, 1.807) is 12.1 Å². The second-order valence-electron chi connectivity index (χ2n) is 6.49. The van der Waals surface area contributed by atoms with Gasteiger partial charge in [-0.2, -0.15) is 0 Å². The molecule has 0 heterocycles. The molecule has 130 valence electrons. The molecule has 0 fully saturated rings. The Morgan fingerprint density at radius 3 is 2.80 bits per heavy atom. The number of benzene rings is 2. The number of nitro groups is 1. The summed E-state index contributed by atoms with van der Waals surface area (Å²) < 4.78 is 0. The van der Waals surface area contributed by atoms with Crippen molar-refractivity contribution in [2.75, 3.05) is 7.05 Å². The third-order valence-corrected chi connectivity index (χ3v) is 4.86. The third-order valence-electron chi connectivity index (χ3n) is 4.86. The molecule has 1 aliphatic carbocycles. The zero-order valence-electron chi connectivity index (χ0n) is 14.1. The lowest BCUT2D eigenvalue weighted by atomic mass is 9.87. The zero-order valence-corrected chi connectivity index (χ0v) is 14.1. The minimum Gasteiger partial charge on any atom is -0.366 e. The molecule has 0 saturated carbocycles. The maximum atomic E-state index is 11.4. The van der Waals surface area contributed by atoms with Gasteiger partial charge in [0.1, 0.15) is 0 Å². The summed E-state index contributed by atoms with van der Waals surface area (Å²) in [6, 6.07) is 13.1. The molecule has 2 aromatic rings. The molecule has 0 spiro atoms. The van der Waals surface area contributed by atoms with Crippen LogP contribution >= 0.6 is 0 Å². The van der Waals surface area contributed by atoms with Crippen molar-refractivity contribution in [1.29, 1.82) is 0 Å². The molecular weight excluding hydrogens is 318 g/mol. The van der Waals surface area contributed by atoms with Crippen molar-refractivity contribution in [1.82, 2.24) is 4.90 Å². The van der Waals surface area contributed by atoms with Gasteiger partial charge in [0.25, 0.3) is 5.69 Å². The molecule has 1 atom stereocenters. The number of hydrogen-bond donors (Lipinski definition) is 1. The first-order valence-electron chi connectivity index (χ1n) is 8.32. The standard InChI is InChI=1S/C19H21N3O3/c1-21(17-8-4-6-13-5-2-3-7-16(13)17)12-15-10-9-14(19(20)23)11-18(15)22(24)25/h2-3,5,7,9-11,17H,4,6,8,12H2,1H3,(H2,20,23)/t17-/m0/s1. The fourth-order valence-corrected chi connectivity index (χ4v) is 3.59. The average Bonchev–Trinajstić information content (AvgIpc) is 2.61. The highest BCUT2D eigenvalue weighted by atomic mass is 16.6. The van der Waals surface area contributed by atoms with Crippen molar-refractivity contribution in [3.8, 4) is 0 Å². The van der Waals surface area contributed by atoms with Gasteiger partial charge in [0.2, 0.25) is 5.91 Å². The largest absolute Gasteiger partial charge is 0.366 e. The molecule has 6 nitrogen and oxygen atoms in total. The van der Waals surface area contributed by atoms with Gasteiger partial charge in [-0.05, 0) is 43.5 Å². The Kier molecular flexibility index (Phi) is 4.81. The number of carbonyl (C=O) groups excluding carboxylic acids is 1. The Morgan fingerprint density at radius 1 is 1.32 bits per heavy atom. The van der Waals surface area contributed by atoms with E-state index in [4.69, 9.17) is 5.73 Å². The highest BCUT2D eigenvalue weighted by Crippen LogP contribution is 2.35. The van der Waals surface area contributed by atoms with Crippen LogP contribution in [0.5, 0.6) is 0 Å². The summed E-state index contributed by atoms with van der Waals surface area (Å²) in [5, 5.41) is 11.4. The van der Waals surface area contributed by atoms with E-state index in [0.717, 1.165) is 19.3 Å². The first kappa shape index (κ1) is 17.1. The van der Waals surface area contributed by atoms with Crippen molar-refractivity contribution in [2.45, 2.75) is 31.8 Å². The van der Waals surface area contributed by atoms with Crippen LogP contribution in [0, 0.1) is 10.1 Å². The van der Waals surface area contributed by atoms with Crippen molar-refractivity contribution in [2.24, 2.45) is 5.73 Å². The molecular formula is C19H21N3O3. The summed E-state index contributed by atoms with van der Waals surface area (Å²) in [5.74, 6) is -0.663. The quantitative estimate of drug-likeness (QED) is 0.669. The molecule has 0 bridgehead atoms. The number of nitrogens with two attached hydrogens (primary N) is 1. The molecule has 25 heavy (non-hydrogen) atoms. The van der Waals surface area contributed by atoms with Crippen molar-refractivity contribution < 1.29 is 9.72 Å². The minimum atomic E-state index is -0.663. The van der Waals surface area contributed by atoms with Gasteiger partial charge >= 0.3 is 0 Å². The van der Waals surface area contributed by atoms with Gasteiger partial charge in [-0.3, -0.25) is 19.8 Å². The molecule has 6 heteroatoms. The van der Waals surface area contributed by atoms with Crippen LogP contribution in [-0.2, 0) is 13.0 Å². The lowest BCUT2D eigenvalue weighted by molar-refractivity contribution is -0.385. The molecule has 1 aliphatic rings. The Balaban J connectivity index is 1.88. The van der Waals surface area contributed by atoms with Gasteiger partial charge in [0, 0.05) is 29.8 Å². The summed E-state index contributed by atoms with van der Waals surface area (Å²) in [7, 11) is 1.98. The number of fused-ring (bicyclic) bond motifs is 1. The minimum absolute atomic E-state index is 0.0627. The second-order valence-corrected chi connectivity index (χ2v) is 6.49. The van der Waals surface area contributed by atoms with Crippen LogP contribution in [0.1, 0.15) is 45.9 Å². The van der Waals surface area contributed by atoms with Gasteiger partial charge in [-0.25, -0.2) is 0 Å². The number of hydrogen-bond acceptors (Lipinski definition) is 4. The highest BCUT2D eigenvalue weighted by molar-refractivity contribution is 5.93. The van der Waals surface area contributed by atoms with E-state index in [9.17, 15) is 14.9 Å². The Hall–Kier alpha value is -2.73. The van der Waals surface area contributed by atoms with Crippen LogP contribution in [0.2, 0.25) is 0 Å². The molecule has 2 N–H and O–H groups in total. The topological polar surface area (TPSA) is 89.5 Å². The van der Waals surface area contributed by atoms with E-state index in [-0.39, 0.29) is 17.3 Å². The fourth-order valence-electron chi connectivity index (χ4n) is 3.59. The first-order chi connectivity index (χ1) is 12.0. The lowest BCUT2D eigenvalue weighted by Crippen LogP contribution is -2.27. The Morgan fingerprint density at radius 2 is 2.08 bits per heavy atom. The summed E-state index contributed by atoms with van der Waals surface area (Å²) >= 11 is 0. The van der Waals surface area contributed by atoms with Gasteiger partial charge in [0.05, 0.1) is 4.92 Å². The average molecular weight is 339 g/mol. The van der Waals surface area contributed by atoms with E-state index in [0.29, 0.717) is 12.1 Å². The highest BCUT2D eigenvalue weighted by Gasteiger charge is 2.25. The number of primary amides is 1. The molecule has 0 aromatic heterocycles. The number of amides is 1. The van der Waals surface area contributed by atoms with Crippen molar-refractivity contribution in [3.05, 3.63) is 74.8 Å². The number of nitrogens with zero attached hydrogens (tertiary/aromatic N) is 2. The van der Waals surface area contributed by atoms with Gasteiger partial charge in [-0.1, -0.05) is 30.3 Å². The fraction of sp³-hybridized carbons (Fsp3) is 0.316. The maximum Gasteiger partial charge on any atom is 0.274 e. The second kappa shape index (κ2) is 7.03. The van der Waals surface area contributed by atoms with Crippen LogP contribution in [0.4, 0.5) is 5.69 Å². The van der Waals surface area contributed by atoms with Crippen LogP contribution in [0.15, 0.2) is 42.5 Å². The van der Waals surface area contributed by atoms with E-state index in [2.05, 4.69) is 23.1 Å². The molecule has 3 rings (SSSR count). The van der Waals surface area contributed by atoms with E-state index in [1.165, 1.54) is 17.2 Å².